The van der Waals surface area contributed by atoms with Gasteiger partial charge < -0.3 is 10.1 Å². The number of benzene rings is 2. The van der Waals surface area contributed by atoms with Crippen LogP contribution < -0.4 is 10.1 Å². The Balaban J connectivity index is 1.79. The summed E-state index contributed by atoms with van der Waals surface area (Å²) in [4.78, 5) is 13.0. The summed E-state index contributed by atoms with van der Waals surface area (Å²) in [5.41, 5.74) is 1.97. The molecule has 0 spiro atoms. The number of carbonyl (C=O) groups excluding carboxylic acids is 1. The molecule has 0 heterocycles. The van der Waals surface area contributed by atoms with Gasteiger partial charge in [-0.15, -0.1) is 11.8 Å². The van der Waals surface area contributed by atoms with Crippen LogP contribution in [0.1, 0.15) is 12.0 Å². The maximum Gasteiger partial charge on any atom is 0.227 e. The van der Waals surface area contributed by atoms with Gasteiger partial charge >= 0.3 is 0 Å². The third-order valence-corrected chi connectivity index (χ3v) is 3.67. The summed E-state index contributed by atoms with van der Waals surface area (Å²) in [6.45, 7) is 2.38. The highest BCUT2D eigenvalue weighted by Crippen LogP contribution is 2.19. The second-order valence-electron chi connectivity index (χ2n) is 4.70. The number of amides is 1. The van der Waals surface area contributed by atoms with Crippen molar-refractivity contribution in [3.8, 4) is 5.75 Å². The van der Waals surface area contributed by atoms with Gasteiger partial charge in [0, 0.05) is 10.6 Å². The van der Waals surface area contributed by atoms with Gasteiger partial charge in [0.05, 0.1) is 13.0 Å². The van der Waals surface area contributed by atoms with E-state index in [4.69, 9.17) is 4.74 Å². The molecule has 110 valence electrons. The first kappa shape index (κ1) is 15.4. The largest absolute Gasteiger partial charge is 0.493 e. The number of aryl methyl sites for hydroxylation is 1. The monoisotopic (exact) mass is 301 g/mol. The van der Waals surface area contributed by atoms with E-state index in [2.05, 4.69) is 5.32 Å². The van der Waals surface area contributed by atoms with E-state index in [1.807, 2.05) is 61.7 Å². The van der Waals surface area contributed by atoms with E-state index >= 15 is 0 Å². The molecule has 0 aliphatic carbocycles. The van der Waals surface area contributed by atoms with Crippen LogP contribution in [0.5, 0.6) is 5.75 Å². The van der Waals surface area contributed by atoms with E-state index in [9.17, 15) is 4.79 Å². The van der Waals surface area contributed by atoms with Gasteiger partial charge in [-0.05, 0) is 49.1 Å². The first-order valence-electron chi connectivity index (χ1n) is 6.81. The zero-order valence-electron chi connectivity index (χ0n) is 12.3. The number of thioether (sulfide) groups is 1. The van der Waals surface area contributed by atoms with Crippen molar-refractivity contribution in [3.63, 3.8) is 0 Å². The second-order valence-corrected chi connectivity index (χ2v) is 5.57. The Morgan fingerprint density at radius 2 is 2.00 bits per heavy atom. The zero-order chi connectivity index (χ0) is 15.1. The summed E-state index contributed by atoms with van der Waals surface area (Å²) in [5.74, 6) is 0.757. The van der Waals surface area contributed by atoms with E-state index in [-0.39, 0.29) is 5.91 Å². The number of nitrogens with one attached hydrogen (secondary N) is 1. The van der Waals surface area contributed by atoms with Crippen molar-refractivity contribution in [1.82, 2.24) is 0 Å². The quantitative estimate of drug-likeness (QED) is 0.815. The minimum absolute atomic E-state index is 0.0408. The highest BCUT2D eigenvalue weighted by Gasteiger charge is 2.04. The van der Waals surface area contributed by atoms with Crippen LogP contribution in [-0.2, 0) is 4.79 Å². The van der Waals surface area contributed by atoms with Crippen molar-refractivity contribution in [2.45, 2.75) is 18.2 Å². The molecule has 1 amide bonds. The molecule has 0 radical (unpaired) electrons. The fourth-order valence-electron chi connectivity index (χ4n) is 1.89. The summed E-state index contributed by atoms with van der Waals surface area (Å²) in [6.07, 6.45) is 2.34. The highest BCUT2D eigenvalue weighted by atomic mass is 32.2. The molecule has 2 aromatic rings. The molecular formula is C17H19NO2S. The molecule has 0 aliphatic rings. The Labute approximate surface area is 129 Å². The van der Waals surface area contributed by atoms with E-state index in [0.717, 1.165) is 21.9 Å². The van der Waals surface area contributed by atoms with Gasteiger partial charge in [-0.25, -0.2) is 0 Å². The third-order valence-electron chi connectivity index (χ3n) is 2.94. The van der Waals surface area contributed by atoms with Crippen LogP contribution in [0, 0.1) is 6.92 Å². The summed E-state index contributed by atoms with van der Waals surface area (Å²) in [5, 5.41) is 2.88. The van der Waals surface area contributed by atoms with E-state index in [1.165, 1.54) is 0 Å². The average molecular weight is 301 g/mol. The summed E-state index contributed by atoms with van der Waals surface area (Å²) in [7, 11) is 0. The van der Waals surface area contributed by atoms with Crippen LogP contribution in [0.25, 0.3) is 0 Å². The third kappa shape index (κ3) is 5.16. The Hall–Kier alpha value is -1.94. The molecule has 4 heteroatoms. The van der Waals surface area contributed by atoms with Gasteiger partial charge in [0.15, 0.2) is 0 Å². The van der Waals surface area contributed by atoms with Crippen molar-refractivity contribution in [3.05, 3.63) is 54.1 Å². The summed E-state index contributed by atoms with van der Waals surface area (Å²) in [6, 6.07) is 15.6. The fraction of sp³-hybridized carbons (Fsp3) is 0.235. The van der Waals surface area contributed by atoms with Crippen LogP contribution in [0.3, 0.4) is 0 Å². The van der Waals surface area contributed by atoms with Crippen LogP contribution >= 0.6 is 11.8 Å². The smallest absolute Gasteiger partial charge is 0.227 e. The predicted octanol–water partition coefficient (Wildman–Crippen LogP) is 4.12. The number of rotatable bonds is 6. The van der Waals surface area contributed by atoms with Gasteiger partial charge in [-0.1, -0.05) is 18.2 Å². The van der Waals surface area contributed by atoms with Crippen molar-refractivity contribution in [2.75, 3.05) is 18.2 Å². The van der Waals surface area contributed by atoms with Gasteiger partial charge in [-0.2, -0.15) is 0 Å². The van der Waals surface area contributed by atoms with E-state index in [1.54, 1.807) is 11.8 Å². The topological polar surface area (TPSA) is 38.3 Å². The lowest BCUT2D eigenvalue weighted by atomic mass is 10.2. The maximum atomic E-state index is 11.9. The van der Waals surface area contributed by atoms with Crippen LogP contribution in [0.2, 0.25) is 0 Å². The van der Waals surface area contributed by atoms with E-state index < -0.39 is 0 Å². The Morgan fingerprint density at radius 3 is 2.76 bits per heavy atom. The molecule has 1 N–H and O–H groups in total. The number of ether oxygens (including phenoxy) is 1. The molecule has 0 fully saturated rings. The van der Waals surface area contributed by atoms with E-state index in [0.29, 0.717) is 13.0 Å². The molecule has 0 saturated heterocycles. The number of hydrogen-bond donors (Lipinski definition) is 1. The summed E-state index contributed by atoms with van der Waals surface area (Å²) >= 11 is 1.65. The molecule has 2 aromatic carbocycles. The van der Waals surface area contributed by atoms with Crippen molar-refractivity contribution >= 4 is 23.4 Å². The molecular weight excluding hydrogens is 282 g/mol. The lowest BCUT2D eigenvalue weighted by Crippen LogP contribution is -2.15. The Bertz CT molecular complexity index is 613. The molecule has 0 aliphatic heterocycles. The lowest BCUT2D eigenvalue weighted by molar-refractivity contribution is -0.116. The standard InChI is InChI=1S/C17H19NO2S/c1-13-5-3-7-15(11-13)20-10-9-17(19)18-14-6-4-8-16(12-14)21-2/h3-8,11-12H,9-10H2,1-2H3,(H,18,19). The van der Waals surface area contributed by atoms with Gasteiger partial charge in [-0.3, -0.25) is 4.79 Å². The summed E-state index contributed by atoms with van der Waals surface area (Å²) < 4.78 is 5.58. The van der Waals surface area contributed by atoms with Crippen molar-refractivity contribution in [2.24, 2.45) is 0 Å². The molecule has 0 saturated carbocycles. The van der Waals surface area contributed by atoms with Crippen molar-refractivity contribution in [1.29, 1.82) is 0 Å². The van der Waals surface area contributed by atoms with Gasteiger partial charge in [0.1, 0.15) is 5.75 Å². The minimum atomic E-state index is -0.0408. The molecule has 0 aromatic heterocycles. The number of hydrogen-bond acceptors (Lipinski definition) is 3. The molecule has 0 bridgehead atoms. The number of anilines is 1. The van der Waals surface area contributed by atoms with Crippen molar-refractivity contribution < 1.29 is 9.53 Å². The zero-order valence-corrected chi connectivity index (χ0v) is 13.1. The van der Waals surface area contributed by atoms with Crippen LogP contribution in [-0.4, -0.2) is 18.8 Å². The minimum Gasteiger partial charge on any atom is -0.493 e. The van der Waals surface area contributed by atoms with Gasteiger partial charge in [0.25, 0.3) is 0 Å². The molecule has 2 rings (SSSR count). The SMILES string of the molecule is CSc1cccc(NC(=O)CCOc2cccc(C)c2)c1. The predicted molar refractivity (Wildman–Crippen MR) is 88.1 cm³/mol. The molecule has 0 unspecified atom stereocenters. The number of carbonyl (C=O) groups is 1. The maximum absolute atomic E-state index is 11.9. The van der Waals surface area contributed by atoms with Crippen LogP contribution in [0.4, 0.5) is 5.69 Å². The first-order chi connectivity index (χ1) is 10.2. The average Bonchev–Trinajstić information content (AvgIpc) is 2.47. The van der Waals surface area contributed by atoms with Crippen LogP contribution in [0.15, 0.2) is 53.4 Å². The molecule has 0 atom stereocenters. The molecule has 3 nitrogen and oxygen atoms in total. The molecule has 21 heavy (non-hydrogen) atoms. The Kier molecular flexibility index (Phi) is 5.69. The normalized spacial score (nSPS) is 10.2. The lowest BCUT2D eigenvalue weighted by Gasteiger charge is -2.08. The fourth-order valence-corrected chi connectivity index (χ4v) is 2.35. The Morgan fingerprint density at radius 1 is 1.19 bits per heavy atom. The van der Waals surface area contributed by atoms with Gasteiger partial charge in [0.2, 0.25) is 5.91 Å². The second kappa shape index (κ2) is 7.74. The first-order valence-corrected chi connectivity index (χ1v) is 8.03. The highest BCUT2D eigenvalue weighted by molar-refractivity contribution is 7.98.